The van der Waals surface area contributed by atoms with Gasteiger partial charge in [-0.05, 0) is 57.2 Å². The summed E-state index contributed by atoms with van der Waals surface area (Å²) in [5, 5.41) is 2.86. The van der Waals surface area contributed by atoms with Crippen LogP contribution in [-0.4, -0.2) is 18.1 Å². The van der Waals surface area contributed by atoms with Gasteiger partial charge < -0.3 is 15.8 Å². The van der Waals surface area contributed by atoms with Gasteiger partial charge in [0, 0.05) is 12.1 Å². The van der Waals surface area contributed by atoms with Crippen LogP contribution in [0.2, 0.25) is 0 Å². The van der Waals surface area contributed by atoms with Crippen molar-refractivity contribution in [2.24, 2.45) is 5.73 Å². The lowest BCUT2D eigenvalue weighted by Crippen LogP contribution is -2.40. The largest absolute Gasteiger partial charge is 0.481 e. The highest BCUT2D eigenvalue weighted by molar-refractivity contribution is 5.81. The molecule has 1 aromatic rings. The molecule has 0 bridgehead atoms. The van der Waals surface area contributed by atoms with Crippen LogP contribution < -0.4 is 15.8 Å². The molecule has 2 atom stereocenters. The zero-order chi connectivity index (χ0) is 14.7. The number of fused-ring (bicyclic) bond motifs is 1. The summed E-state index contributed by atoms with van der Waals surface area (Å²) < 4.78 is 5.86. The molecule has 0 aliphatic heterocycles. The average Bonchev–Trinajstić information content (AvgIpc) is 2.39. The zero-order valence-electron chi connectivity index (χ0n) is 12.5. The molecule has 0 spiro atoms. The lowest BCUT2D eigenvalue weighted by Gasteiger charge is -2.25. The van der Waals surface area contributed by atoms with Crippen LogP contribution in [0.3, 0.4) is 0 Å². The van der Waals surface area contributed by atoms with Gasteiger partial charge in [0.05, 0.1) is 0 Å². The quantitative estimate of drug-likeness (QED) is 0.887. The average molecular weight is 276 g/mol. The lowest BCUT2D eigenvalue weighted by molar-refractivity contribution is -0.127. The number of carbonyl (C=O) groups is 1. The van der Waals surface area contributed by atoms with Crippen molar-refractivity contribution in [1.29, 1.82) is 0 Å². The van der Waals surface area contributed by atoms with Gasteiger partial charge in [-0.2, -0.15) is 0 Å². The van der Waals surface area contributed by atoms with Crippen molar-refractivity contribution in [1.82, 2.24) is 5.32 Å². The number of carbonyl (C=O) groups excluding carboxylic acids is 1. The Kier molecular flexibility index (Phi) is 4.65. The van der Waals surface area contributed by atoms with E-state index in [9.17, 15) is 4.79 Å². The Morgan fingerprint density at radius 3 is 2.85 bits per heavy atom. The van der Waals surface area contributed by atoms with E-state index in [2.05, 4.69) is 11.4 Å². The predicted octanol–water partition coefficient (Wildman–Crippen LogP) is 2.31. The minimum atomic E-state index is -0.498. The van der Waals surface area contributed by atoms with Gasteiger partial charge in [-0.1, -0.05) is 12.1 Å². The van der Waals surface area contributed by atoms with Gasteiger partial charge in [0.2, 0.25) is 0 Å². The number of hydrogen-bond donors (Lipinski definition) is 2. The molecule has 0 aromatic heterocycles. The summed E-state index contributed by atoms with van der Waals surface area (Å²) in [6, 6.07) is 6.14. The van der Waals surface area contributed by atoms with E-state index in [1.807, 2.05) is 26.0 Å². The first-order valence-electron chi connectivity index (χ1n) is 7.33. The van der Waals surface area contributed by atoms with Crippen molar-refractivity contribution in [3.05, 3.63) is 29.3 Å². The molecule has 0 saturated heterocycles. The fourth-order valence-corrected chi connectivity index (χ4v) is 2.61. The Hall–Kier alpha value is -1.55. The second-order valence-electron chi connectivity index (χ2n) is 5.75. The van der Waals surface area contributed by atoms with Gasteiger partial charge in [0.1, 0.15) is 5.75 Å². The number of nitrogens with one attached hydrogen (secondary N) is 1. The van der Waals surface area contributed by atoms with E-state index in [0.29, 0.717) is 0 Å². The van der Waals surface area contributed by atoms with Crippen LogP contribution in [0.4, 0.5) is 0 Å². The number of amides is 1. The molecule has 1 aliphatic rings. The molecule has 4 nitrogen and oxygen atoms in total. The van der Waals surface area contributed by atoms with Gasteiger partial charge in [0.25, 0.3) is 5.91 Å². The summed E-state index contributed by atoms with van der Waals surface area (Å²) in [6.07, 6.45) is 2.56. The summed E-state index contributed by atoms with van der Waals surface area (Å²) >= 11 is 0. The van der Waals surface area contributed by atoms with Crippen molar-refractivity contribution in [3.63, 3.8) is 0 Å². The van der Waals surface area contributed by atoms with Crippen LogP contribution >= 0.6 is 0 Å². The van der Waals surface area contributed by atoms with E-state index in [4.69, 9.17) is 10.5 Å². The molecule has 0 radical (unpaired) electrons. The standard InChI is InChI=1S/C16H24N2O2/c1-10(2)18-16(19)11(3)20-15-9-5-6-12-13(15)7-4-8-14(12)17/h5-6,9-11,14H,4,7-8,17H2,1-3H3,(H,18,19). The molecular formula is C16H24N2O2. The van der Waals surface area contributed by atoms with Crippen LogP contribution in [0.15, 0.2) is 18.2 Å². The second-order valence-corrected chi connectivity index (χ2v) is 5.75. The molecular weight excluding hydrogens is 252 g/mol. The molecule has 3 N–H and O–H groups in total. The molecule has 20 heavy (non-hydrogen) atoms. The SMILES string of the molecule is CC(C)NC(=O)C(C)Oc1cccc2c1CCCC2N. The number of ether oxygens (including phenoxy) is 1. The molecule has 1 amide bonds. The van der Waals surface area contributed by atoms with Crippen molar-refractivity contribution in [2.45, 2.75) is 58.2 Å². The minimum absolute atomic E-state index is 0.0853. The van der Waals surface area contributed by atoms with Crippen molar-refractivity contribution in [2.75, 3.05) is 0 Å². The van der Waals surface area contributed by atoms with Crippen molar-refractivity contribution < 1.29 is 9.53 Å². The van der Waals surface area contributed by atoms with E-state index in [1.54, 1.807) is 6.92 Å². The van der Waals surface area contributed by atoms with Crippen molar-refractivity contribution in [3.8, 4) is 5.75 Å². The summed E-state index contributed by atoms with van der Waals surface area (Å²) in [6.45, 7) is 5.65. The predicted molar refractivity (Wildman–Crippen MR) is 79.7 cm³/mol. The number of hydrogen-bond acceptors (Lipinski definition) is 3. The highest BCUT2D eigenvalue weighted by Crippen LogP contribution is 2.34. The number of rotatable bonds is 4. The maximum atomic E-state index is 11.9. The van der Waals surface area contributed by atoms with Crippen LogP contribution in [-0.2, 0) is 11.2 Å². The highest BCUT2D eigenvalue weighted by Gasteiger charge is 2.22. The van der Waals surface area contributed by atoms with Gasteiger partial charge in [-0.3, -0.25) is 4.79 Å². The van der Waals surface area contributed by atoms with E-state index in [1.165, 1.54) is 0 Å². The van der Waals surface area contributed by atoms with E-state index < -0.39 is 6.10 Å². The summed E-state index contributed by atoms with van der Waals surface area (Å²) in [5.74, 6) is 0.710. The summed E-state index contributed by atoms with van der Waals surface area (Å²) in [4.78, 5) is 11.9. The molecule has 0 fully saturated rings. The summed E-state index contributed by atoms with van der Waals surface area (Å²) in [7, 11) is 0. The first-order chi connectivity index (χ1) is 9.49. The zero-order valence-corrected chi connectivity index (χ0v) is 12.5. The number of benzene rings is 1. The Balaban J connectivity index is 2.14. The maximum absolute atomic E-state index is 11.9. The topological polar surface area (TPSA) is 64.3 Å². The van der Waals surface area contributed by atoms with Gasteiger partial charge in [-0.15, -0.1) is 0 Å². The monoisotopic (exact) mass is 276 g/mol. The molecule has 2 unspecified atom stereocenters. The Labute approximate surface area is 120 Å². The minimum Gasteiger partial charge on any atom is -0.481 e. The van der Waals surface area contributed by atoms with E-state index >= 15 is 0 Å². The molecule has 4 heteroatoms. The Morgan fingerprint density at radius 2 is 2.15 bits per heavy atom. The normalized spacial score (nSPS) is 19.4. The van der Waals surface area contributed by atoms with Crippen molar-refractivity contribution >= 4 is 5.91 Å². The van der Waals surface area contributed by atoms with Crippen LogP contribution in [0.1, 0.15) is 50.8 Å². The maximum Gasteiger partial charge on any atom is 0.260 e. The third-order valence-corrected chi connectivity index (χ3v) is 3.61. The van der Waals surface area contributed by atoms with Gasteiger partial charge in [-0.25, -0.2) is 0 Å². The lowest BCUT2D eigenvalue weighted by atomic mass is 9.87. The van der Waals surface area contributed by atoms with Crippen LogP contribution in [0.25, 0.3) is 0 Å². The molecule has 2 rings (SSSR count). The van der Waals surface area contributed by atoms with E-state index in [0.717, 1.165) is 36.1 Å². The first-order valence-corrected chi connectivity index (χ1v) is 7.33. The third kappa shape index (κ3) is 3.31. The van der Waals surface area contributed by atoms with Crippen LogP contribution in [0.5, 0.6) is 5.75 Å². The smallest absolute Gasteiger partial charge is 0.260 e. The molecule has 110 valence electrons. The third-order valence-electron chi connectivity index (χ3n) is 3.61. The summed E-state index contributed by atoms with van der Waals surface area (Å²) in [5.41, 5.74) is 8.46. The Bertz CT molecular complexity index is 485. The van der Waals surface area contributed by atoms with Gasteiger partial charge in [0.15, 0.2) is 6.10 Å². The Morgan fingerprint density at radius 1 is 1.40 bits per heavy atom. The fourth-order valence-electron chi connectivity index (χ4n) is 2.61. The number of nitrogens with two attached hydrogens (primary N) is 1. The molecule has 0 saturated carbocycles. The molecule has 1 aromatic carbocycles. The molecule has 0 heterocycles. The van der Waals surface area contributed by atoms with E-state index in [-0.39, 0.29) is 18.0 Å². The fraction of sp³-hybridized carbons (Fsp3) is 0.562. The highest BCUT2D eigenvalue weighted by atomic mass is 16.5. The molecule has 1 aliphatic carbocycles. The second kappa shape index (κ2) is 6.27. The first kappa shape index (κ1) is 14.9. The van der Waals surface area contributed by atoms with Crippen LogP contribution in [0, 0.1) is 0 Å². The van der Waals surface area contributed by atoms with Gasteiger partial charge >= 0.3 is 0 Å².